The molecule has 1 aromatic heterocycles. The maximum Gasteiger partial charge on any atom is 0.179 e. The van der Waals surface area contributed by atoms with Gasteiger partial charge in [0.2, 0.25) is 0 Å². The first-order chi connectivity index (χ1) is 12.5. The predicted molar refractivity (Wildman–Crippen MR) is 107 cm³/mol. The molecule has 0 saturated carbocycles. The smallest absolute Gasteiger partial charge is 0.179 e. The van der Waals surface area contributed by atoms with Crippen LogP contribution >= 0.6 is 35.0 Å². The van der Waals surface area contributed by atoms with Gasteiger partial charge in [0.05, 0.1) is 16.3 Å². The summed E-state index contributed by atoms with van der Waals surface area (Å²) in [5.74, 6) is -0.0803. The highest BCUT2D eigenvalue weighted by atomic mass is 35.5. The van der Waals surface area contributed by atoms with E-state index in [4.69, 9.17) is 28.9 Å². The standard InChI is InChI=1S/C20H14Cl2N2OS/c21-13-4-6-14(16(22)9-13)19(25)20-18(23)15-5-3-11(8-17(15)26-20)12-2-1-7-24-10-12/h1-10,18,20H,23H2. The summed E-state index contributed by atoms with van der Waals surface area (Å²) in [6, 6.07) is 14.5. The summed E-state index contributed by atoms with van der Waals surface area (Å²) in [5, 5.41) is 0.439. The average molecular weight is 401 g/mol. The van der Waals surface area contributed by atoms with Crippen LogP contribution in [0, 0.1) is 0 Å². The van der Waals surface area contributed by atoms with Gasteiger partial charge in [0.25, 0.3) is 0 Å². The number of carbonyl (C=O) groups excluding carboxylic acids is 1. The molecule has 2 aromatic carbocycles. The summed E-state index contributed by atoms with van der Waals surface area (Å²) < 4.78 is 0. The molecule has 130 valence electrons. The van der Waals surface area contributed by atoms with E-state index < -0.39 is 5.25 Å². The highest BCUT2D eigenvalue weighted by Crippen LogP contribution is 2.46. The molecule has 1 aliphatic heterocycles. The summed E-state index contributed by atoms with van der Waals surface area (Å²) in [7, 11) is 0. The average Bonchev–Trinajstić information content (AvgIpc) is 2.98. The van der Waals surface area contributed by atoms with Crippen molar-refractivity contribution in [2.24, 2.45) is 5.73 Å². The summed E-state index contributed by atoms with van der Waals surface area (Å²) in [6.07, 6.45) is 3.56. The number of halogens is 2. The number of benzene rings is 2. The Morgan fingerprint density at radius 2 is 1.92 bits per heavy atom. The third-order valence-electron chi connectivity index (χ3n) is 4.40. The molecule has 1 aliphatic rings. The maximum atomic E-state index is 13.0. The molecule has 0 fully saturated rings. The quantitative estimate of drug-likeness (QED) is 0.596. The molecular formula is C20H14Cl2N2OS. The Morgan fingerprint density at radius 1 is 1.08 bits per heavy atom. The Bertz CT molecular complexity index is 994. The summed E-state index contributed by atoms with van der Waals surface area (Å²) in [6.45, 7) is 0. The van der Waals surface area contributed by atoms with Crippen LogP contribution in [0.1, 0.15) is 22.0 Å². The van der Waals surface area contributed by atoms with Crippen molar-refractivity contribution < 1.29 is 4.79 Å². The van der Waals surface area contributed by atoms with Crippen molar-refractivity contribution in [3.63, 3.8) is 0 Å². The van der Waals surface area contributed by atoms with Gasteiger partial charge in [-0.25, -0.2) is 0 Å². The molecule has 2 heterocycles. The van der Waals surface area contributed by atoms with Gasteiger partial charge in [0, 0.05) is 33.4 Å². The number of nitrogens with zero attached hydrogens (tertiary/aromatic N) is 1. The second kappa shape index (κ2) is 7.05. The Hall–Kier alpha value is -1.85. The van der Waals surface area contributed by atoms with Gasteiger partial charge in [0.15, 0.2) is 5.78 Å². The van der Waals surface area contributed by atoms with Crippen molar-refractivity contribution in [3.8, 4) is 11.1 Å². The van der Waals surface area contributed by atoms with E-state index in [2.05, 4.69) is 11.1 Å². The lowest BCUT2D eigenvalue weighted by atomic mass is 9.97. The molecule has 0 bridgehead atoms. The number of thioether (sulfide) groups is 1. The van der Waals surface area contributed by atoms with Crippen molar-refractivity contribution in [1.29, 1.82) is 0 Å². The monoisotopic (exact) mass is 400 g/mol. The number of nitrogens with two attached hydrogens (primary N) is 1. The van der Waals surface area contributed by atoms with Crippen LogP contribution in [0.4, 0.5) is 0 Å². The van der Waals surface area contributed by atoms with Crippen molar-refractivity contribution >= 4 is 40.7 Å². The van der Waals surface area contributed by atoms with Crippen molar-refractivity contribution in [2.45, 2.75) is 16.2 Å². The number of hydrogen-bond donors (Lipinski definition) is 1. The first-order valence-corrected chi connectivity index (χ1v) is 9.64. The molecule has 2 atom stereocenters. The lowest BCUT2D eigenvalue weighted by Gasteiger charge is -2.14. The van der Waals surface area contributed by atoms with Crippen LogP contribution < -0.4 is 5.73 Å². The number of rotatable bonds is 3. The van der Waals surface area contributed by atoms with Gasteiger partial charge in [-0.2, -0.15) is 0 Å². The number of Topliss-reactive ketones (excluding diaryl/α,β-unsaturated/α-hetero) is 1. The first kappa shape index (κ1) is 17.6. The molecular weight excluding hydrogens is 387 g/mol. The lowest BCUT2D eigenvalue weighted by Crippen LogP contribution is -2.27. The number of ketones is 1. The molecule has 3 nitrogen and oxygen atoms in total. The van der Waals surface area contributed by atoms with Gasteiger partial charge in [0.1, 0.15) is 0 Å². The number of hydrogen-bond acceptors (Lipinski definition) is 4. The van der Waals surface area contributed by atoms with E-state index >= 15 is 0 Å². The van der Waals surface area contributed by atoms with Gasteiger partial charge < -0.3 is 5.73 Å². The topological polar surface area (TPSA) is 56.0 Å². The van der Waals surface area contributed by atoms with E-state index in [1.54, 1.807) is 24.4 Å². The molecule has 0 radical (unpaired) electrons. The van der Waals surface area contributed by atoms with Crippen molar-refractivity contribution in [3.05, 3.63) is 82.1 Å². The number of carbonyl (C=O) groups is 1. The van der Waals surface area contributed by atoms with Gasteiger partial charge >= 0.3 is 0 Å². The van der Waals surface area contributed by atoms with E-state index in [9.17, 15) is 4.79 Å². The molecule has 0 aliphatic carbocycles. The highest BCUT2D eigenvalue weighted by molar-refractivity contribution is 8.01. The normalized spacial score (nSPS) is 18.6. The lowest BCUT2D eigenvalue weighted by molar-refractivity contribution is 0.0983. The molecule has 2 unspecified atom stereocenters. The van der Waals surface area contributed by atoms with Crippen LogP contribution in [-0.2, 0) is 0 Å². The van der Waals surface area contributed by atoms with Gasteiger partial charge in [-0.05, 0) is 41.5 Å². The van der Waals surface area contributed by atoms with Gasteiger partial charge in [-0.1, -0.05) is 41.4 Å². The van der Waals surface area contributed by atoms with Crippen LogP contribution in [0.5, 0.6) is 0 Å². The Balaban J connectivity index is 1.65. The summed E-state index contributed by atoms with van der Waals surface area (Å²) >= 11 is 13.6. The second-order valence-corrected chi connectivity index (χ2v) is 8.07. The van der Waals surface area contributed by atoms with Crippen LogP contribution in [0.15, 0.2) is 65.8 Å². The van der Waals surface area contributed by atoms with Crippen LogP contribution in [0.25, 0.3) is 11.1 Å². The predicted octanol–water partition coefficient (Wildman–Crippen LogP) is 5.41. The Kier molecular flexibility index (Phi) is 4.76. The first-order valence-electron chi connectivity index (χ1n) is 8.00. The maximum absolute atomic E-state index is 13.0. The van der Waals surface area contributed by atoms with E-state index in [0.717, 1.165) is 21.6 Å². The van der Waals surface area contributed by atoms with Crippen molar-refractivity contribution in [2.75, 3.05) is 0 Å². The SMILES string of the molecule is NC1c2ccc(-c3cccnc3)cc2SC1C(=O)c1ccc(Cl)cc1Cl. The molecule has 0 amide bonds. The third kappa shape index (κ3) is 3.14. The van der Waals surface area contributed by atoms with Crippen LogP contribution in [-0.4, -0.2) is 16.0 Å². The second-order valence-electron chi connectivity index (χ2n) is 6.05. The zero-order valence-electron chi connectivity index (χ0n) is 13.5. The number of aromatic nitrogens is 1. The molecule has 26 heavy (non-hydrogen) atoms. The molecule has 4 rings (SSSR count). The summed E-state index contributed by atoms with van der Waals surface area (Å²) in [5.41, 5.74) is 9.88. The fourth-order valence-corrected chi connectivity index (χ4v) is 4.89. The summed E-state index contributed by atoms with van der Waals surface area (Å²) in [4.78, 5) is 18.1. The van der Waals surface area contributed by atoms with Crippen LogP contribution in [0.3, 0.4) is 0 Å². The van der Waals surface area contributed by atoms with E-state index in [-0.39, 0.29) is 11.8 Å². The molecule has 0 saturated heterocycles. The van der Waals surface area contributed by atoms with Crippen molar-refractivity contribution in [1.82, 2.24) is 4.98 Å². The zero-order chi connectivity index (χ0) is 18.3. The largest absolute Gasteiger partial charge is 0.323 e. The third-order valence-corrected chi connectivity index (χ3v) is 6.32. The highest BCUT2D eigenvalue weighted by Gasteiger charge is 2.37. The van der Waals surface area contributed by atoms with E-state index in [1.165, 1.54) is 11.8 Å². The van der Waals surface area contributed by atoms with E-state index in [1.807, 2.05) is 30.5 Å². The molecule has 6 heteroatoms. The zero-order valence-corrected chi connectivity index (χ0v) is 15.9. The van der Waals surface area contributed by atoms with Gasteiger partial charge in [-0.3, -0.25) is 9.78 Å². The fraction of sp³-hybridized carbons (Fsp3) is 0.100. The minimum absolute atomic E-state index is 0.0803. The van der Waals surface area contributed by atoms with Crippen LogP contribution in [0.2, 0.25) is 10.0 Å². The Labute approximate surface area is 165 Å². The molecule has 0 spiro atoms. The number of pyridine rings is 1. The molecule has 2 N–H and O–H groups in total. The minimum atomic E-state index is -0.409. The molecule has 3 aromatic rings. The fourth-order valence-electron chi connectivity index (χ4n) is 3.06. The number of fused-ring (bicyclic) bond motifs is 1. The van der Waals surface area contributed by atoms with E-state index in [0.29, 0.717) is 15.6 Å². The Morgan fingerprint density at radius 3 is 2.65 bits per heavy atom. The minimum Gasteiger partial charge on any atom is -0.323 e. The van der Waals surface area contributed by atoms with Gasteiger partial charge in [-0.15, -0.1) is 11.8 Å².